The molecule has 1 heterocycles. The number of hydrogen-bond acceptors (Lipinski definition) is 3. The number of carbonyl (C=O) groups excluding carboxylic acids is 2. The fourth-order valence-corrected chi connectivity index (χ4v) is 3.38. The molecule has 0 aromatic heterocycles. The summed E-state index contributed by atoms with van der Waals surface area (Å²) >= 11 is 11.0. The van der Waals surface area contributed by atoms with Crippen molar-refractivity contribution in [1.29, 1.82) is 0 Å². The van der Waals surface area contributed by atoms with E-state index >= 15 is 0 Å². The number of fused-ring (bicyclic) bond motifs is 2. The van der Waals surface area contributed by atoms with Crippen LogP contribution >= 0.6 is 23.8 Å². The van der Waals surface area contributed by atoms with E-state index in [4.69, 9.17) is 29.6 Å². The number of carbonyl (C=O) groups is 2. The lowest BCUT2D eigenvalue weighted by atomic mass is 9.95. The highest BCUT2D eigenvalue weighted by atomic mass is 35.5. The molecule has 104 valence electrons. The third-order valence-corrected chi connectivity index (χ3v) is 4.49. The van der Waals surface area contributed by atoms with Crippen molar-refractivity contribution in [2.45, 2.75) is 19.3 Å². The third-order valence-electron chi connectivity index (χ3n) is 4.04. The summed E-state index contributed by atoms with van der Waals surface area (Å²) in [6.07, 6.45) is 2.21. The summed E-state index contributed by atoms with van der Waals surface area (Å²) in [5.41, 5.74) is 6.61. The van der Waals surface area contributed by atoms with Crippen LogP contribution in [0.1, 0.15) is 24.8 Å². The Hall–Kier alpha value is -1.46. The smallest absolute Gasteiger partial charge is 0.236 e. The zero-order valence-electron chi connectivity index (χ0n) is 10.6. The number of thiocarbonyl (C=S) groups is 1. The molecule has 1 aliphatic heterocycles. The van der Waals surface area contributed by atoms with E-state index in [1.807, 2.05) is 0 Å². The molecule has 4 nitrogen and oxygen atoms in total. The zero-order chi connectivity index (χ0) is 14.4. The predicted molar refractivity (Wildman–Crippen MR) is 80.7 cm³/mol. The molecule has 6 heteroatoms. The average Bonchev–Trinajstić information content (AvgIpc) is 2.83. The molecule has 2 unspecified atom stereocenters. The number of benzene rings is 1. The molecule has 2 N–H and O–H groups in total. The Morgan fingerprint density at radius 3 is 2.40 bits per heavy atom. The van der Waals surface area contributed by atoms with Crippen LogP contribution < -0.4 is 10.6 Å². The maximum atomic E-state index is 12.5. The van der Waals surface area contributed by atoms with E-state index in [0.29, 0.717) is 22.7 Å². The molecule has 2 amide bonds. The maximum absolute atomic E-state index is 12.5. The molecule has 1 saturated carbocycles. The van der Waals surface area contributed by atoms with Crippen LogP contribution in [-0.4, -0.2) is 16.8 Å². The number of rotatable bonds is 2. The number of anilines is 1. The van der Waals surface area contributed by atoms with Gasteiger partial charge in [0.1, 0.15) is 4.99 Å². The summed E-state index contributed by atoms with van der Waals surface area (Å²) in [7, 11) is 0. The molecule has 2 atom stereocenters. The molecule has 2 bridgehead atoms. The summed E-state index contributed by atoms with van der Waals surface area (Å²) in [5.74, 6) is -0.473. The summed E-state index contributed by atoms with van der Waals surface area (Å²) in [4.78, 5) is 26.3. The van der Waals surface area contributed by atoms with Crippen LogP contribution in [0.4, 0.5) is 5.69 Å². The lowest BCUT2D eigenvalue weighted by molar-refractivity contribution is -0.132. The second kappa shape index (κ2) is 4.82. The molecule has 20 heavy (non-hydrogen) atoms. The molecule has 0 spiro atoms. The number of imide groups is 1. The van der Waals surface area contributed by atoms with E-state index in [0.717, 1.165) is 12.8 Å². The van der Waals surface area contributed by atoms with E-state index in [1.54, 1.807) is 18.2 Å². The van der Waals surface area contributed by atoms with Crippen LogP contribution in [-0.2, 0) is 9.59 Å². The van der Waals surface area contributed by atoms with E-state index in [2.05, 4.69) is 0 Å². The number of nitrogens with two attached hydrogens (primary N) is 1. The van der Waals surface area contributed by atoms with Gasteiger partial charge in [0.15, 0.2) is 0 Å². The van der Waals surface area contributed by atoms with E-state index in [-0.39, 0.29) is 28.6 Å². The summed E-state index contributed by atoms with van der Waals surface area (Å²) in [6, 6.07) is 4.88. The van der Waals surface area contributed by atoms with Crippen molar-refractivity contribution in [2.24, 2.45) is 17.6 Å². The van der Waals surface area contributed by atoms with Gasteiger partial charge in [-0.05, 0) is 37.5 Å². The molecule has 2 fully saturated rings. The molecule has 1 saturated heterocycles. The predicted octanol–water partition coefficient (Wildman–Crippen LogP) is 2.26. The minimum Gasteiger partial charge on any atom is -0.389 e. The van der Waals surface area contributed by atoms with Crippen molar-refractivity contribution in [3.63, 3.8) is 0 Å². The largest absolute Gasteiger partial charge is 0.389 e. The Morgan fingerprint density at radius 1 is 1.25 bits per heavy atom. The van der Waals surface area contributed by atoms with E-state index in [9.17, 15) is 9.59 Å². The van der Waals surface area contributed by atoms with Gasteiger partial charge in [-0.25, -0.2) is 4.90 Å². The van der Waals surface area contributed by atoms with Crippen molar-refractivity contribution in [2.75, 3.05) is 4.90 Å². The lowest BCUT2D eigenvalue weighted by Crippen LogP contribution is -2.47. The Bertz CT molecular complexity index is 610. The van der Waals surface area contributed by atoms with Crippen LogP contribution in [0.2, 0.25) is 5.02 Å². The van der Waals surface area contributed by atoms with Crippen molar-refractivity contribution in [3.8, 4) is 0 Å². The highest BCUT2D eigenvalue weighted by molar-refractivity contribution is 7.80. The Kier molecular flexibility index (Phi) is 3.26. The van der Waals surface area contributed by atoms with Gasteiger partial charge < -0.3 is 5.73 Å². The van der Waals surface area contributed by atoms with E-state index < -0.39 is 0 Å². The first-order valence-corrected chi connectivity index (χ1v) is 7.25. The topological polar surface area (TPSA) is 63.4 Å². The SMILES string of the molecule is NC(=S)c1ccc(Cl)cc1N1C(=O)C2CCC(C2)C1=O. The quantitative estimate of drug-likeness (QED) is 0.672. The van der Waals surface area contributed by atoms with Crippen molar-refractivity contribution >= 4 is 46.3 Å². The lowest BCUT2D eigenvalue weighted by Gasteiger charge is -2.31. The summed E-state index contributed by atoms with van der Waals surface area (Å²) in [6.45, 7) is 0. The van der Waals surface area contributed by atoms with Crippen molar-refractivity contribution in [3.05, 3.63) is 28.8 Å². The van der Waals surface area contributed by atoms with Crippen molar-refractivity contribution in [1.82, 2.24) is 0 Å². The summed E-state index contributed by atoms with van der Waals surface area (Å²) < 4.78 is 0. The fraction of sp³-hybridized carbons (Fsp3) is 0.357. The average molecular weight is 309 g/mol. The van der Waals surface area contributed by atoms with Crippen LogP contribution in [0, 0.1) is 11.8 Å². The molecule has 2 aliphatic rings. The molecule has 0 radical (unpaired) electrons. The molecule has 1 aliphatic carbocycles. The Labute approximate surface area is 126 Å². The molecule has 3 rings (SSSR count). The molecular formula is C14H13ClN2O2S. The van der Waals surface area contributed by atoms with Crippen LogP contribution in [0.25, 0.3) is 0 Å². The zero-order valence-corrected chi connectivity index (χ0v) is 12.2. The van der Waals surface area contributed by atoms with Gasteiger partial charge in [0.25, 0.3) is 0 Å². The first-order chi connectivity index (χ1) is 9.49. The fourth-order valence-electron chi connectivity index (χ4n) is 3.04. The van der Waals surface area contributed by atoms with Gasteiger partial charge in [-0.3, -0.25) is 9.59 Å². The van der Waals surface area contributed by atoms with Crippen LogP contribution in [0.5, 0.6) is 0 Å². The van der Waals surface area contributed by atoms with Crippen molar-refractivity contribution < 1.29 is 9.59 Å². The minimum absolute atomic E-state index is 0.0733. The number of halogens is 1. The van der Waals surface area contributed by atoms with Gasteiger partial charge in [-0.2, -0.15) is 0 Å². The van der Waals surface area contributed by atoms with Gasteiger partial charge in [0, 0.05) is 22.4 Å². The standard InChI is InChI=1S/C14H13ClN2O2S/c15-9-3-4-10(12(16)20)11(6-9)17-13(18)7-1-2-8(5-7)14(17)19/h3-4,6-8H,1-2,5H2,(H2,16,20). The maximum Gasteiger partial charge on any atom is 0.236 e. The third kappa shape index (κ3) is 2.01. The highest BCUT2D eigenvalue weighted by Crippen LogP contribution is 2.41. The number of piperidine rings is 1. The Morgan fingerprint density at radius 2 is 1.85 bits per heavy atom. The number of hydrogen-bond donors (Lipinski definition) is 1. The first kappa shape index (κ1) is 13.5. The second-order valence-electron chi connectivity index (χ2n) is 5.24. The monoisotopic (exact) mass is 308 g/mol. The number of nitrogens with zero attached hydrogens (tertiary/aromatic N) is 1. The van der Waals surface area contributed by atoms with E-state index in [1.165, 1.54) is 4.90 Å². The molecular weight excluding hydrogens is 296 g/mol. The normalized spacial score (nSPS) is 25.1. The molecule has 1 aromatic carbocycles. The van der Waals surface area contributed by atoms with Crippen LogP contribution in [0.3, 0.4) is 0 Å². The van der Waals surface area contributed by atoms with Gasteiger partial charge in [0.05, 0.1) is 5.69 Å². The van der Waals surface area contributed by atoms with Crippen LogP contribution in [0.15, 0.2) is 18.2 Å². The highest BCUT2D eigenvalue weighted by Gasteiger charge is 2.46. The van der Waals surface area contributed by atoms with Gasteiger partial charge in [-0.15, -0.1) is 0 Å². The first-order valence-electron chi connectivity index (χ1n) is 6.46. The second-order valence-corrected chi connectivity index (χ2v) is 6.12. The minimum atomic E-state index is -0.163. The van der Waals surface area contributed by atoms with Gasteiger partial charge in [-0.1, -0.05) is 23.8 Å². The van der Waals surface area contributed by atoms with Gasteiger partial charge >= 0.3 is 0 Å². The van der Waals surface area contributed by atoms with Gasteiger partial charge in [0.2, 0.25) is 11.8 Å². The Balaban J connectivity index is 2.12. The summed E-state index contributed by atoms with van der Waals surface area (Å²) in [5, 5.41) is 0.443. The molecule has 1 aromatic rings. The number of amides is 2.